The Morgan fingerprint density at radius 1 is 0.739 bits per heavy atom. The van der Waals surface area contributed by atoms with E-state index in [1.807, 2.05) is 0 Å². The van der Waals surface area contributed by atoms with E-state index < -0.39 is 35.0 Å². The second kappa shape index (κ2) is 10.5. The largest absolute Gasteiger partial charge is 0.481 e. The van der Waals surface area contributed by atoms with E-state index in [0.717, 1.165) is 0 Å². The summed E-state index contributed by atoms with van der Waals surface area (Å²) in [4.78, 5) is 40.7. The van der Waals surface area contributed by atoms with E-state index >= 15 is 0 Å². The lowest BCUT2D eigenvalue weighted by molar-refractivity contribution is -0.145. The van der Waals surface area contributed by atoms with Gasteiger partial charge in [-0.25, -0.2) is 0 Å². The lowest BCUT2D eigenvalue weighted by Crippen LogP contribution is -2.45. The van der Waals surface area contributed by atoms with Crippen LogP contribution in [0, 0.1) is 0 Å². The first-order valence-corrected chi connectivity index (χ1v) is 6.20. The number of carbonyl (C=O) groups is 4. The normalized spacial score (nSPS) is 14.8. The highest BCUT2D eigenvalue weighted by Gasteiger charge is 2.28. The maximum absolute atomic E-state index is 10.3. The fourth-order valence-electron chi connectivity index (χ4n) is 0.947. The Bertz CT molecular complexity index is 392. The number of hydrogen-bond donors (Lipinski definition) is 6. The molecule has 0 rings (SSSR count). The highest BCUT2D eigenvalue weighted by atomic mass is 16.4. The van der Waals surface area contributed by atoms with Crippen LogP contribution in [0.5, 0.6) is 0 Å². The zero-order valence-electron chi connectivity index (χ0n) is 12.9. The van der Waals surface area contributed by atoms with Gasteiger partial charge >= 0.3 is 23.9 Å². The van der Waals surface area contributed by atoms with Crippen LogP contribution in [0.3, 0.4) is 0 Å². The second-order valence-corrected chi connectivity index (χ2v) is 5.23. The number of carboxylic acid groups (broad SMARTS) is 4. The molecule has 0 heterocycles. The van der Waals surface area contributed by atoms with Gasteiger partial charge in [-0.1, -0.05) is 0 Å². The summed E-state index contributed by atoms with van der Waals surface area (Å²) in [6.07, 6.45) is -0.562. The molecule has 10 N–H and O–H groups in total. The number of aliphatic carboxylic acids is 4. The molecule has 11 nitrogen and oxygen atoms in total. The second-order valence-electron chi connectivity index (χ2n) is 5.23. The Hall–Kier alpha value is -2.24. The fraction of sp³-hybridized carbons (Fsp3) is 0.667. The van der Waals surface area contributed by atoms with Gasteiger partial charge in [0.2, 0.25) is 0 Å². The fourth-order valence-corrected chi connectivity index (χ4v) is 0.947. The first-order valence-electron chi connectivity index (χ1n) is 6.20. The third-order valence-corrected chi connectivity index (χ3v) is 2.69. The van der Waals surface area contributed by atoms with Crippen molar-refractivity contribution < 1.29 is 45.1 Å². The van der Waals surface area contributed by atoms with Gasteiger partial charge in [0.25, 0.3) is 0 Å². The van der Waals surface area contributed by atoms with Gasteiger partial charge in [-0.3, -0.25) is 19.2 Å². The van der Waals surface area contributed by atoms with Crippen LogP contribution in [0.25, 0.3) is 0 Å². The van der Waals surface area contributed by atoms with Gasteiger partial charge in [-0.15, -0.1) is 0 Å². The monoisotopic (exact) mass is 340 g/mol. The van der Waals surface area contributed by atoms with Crippen LogP contribution < -0.4 is 11.5 Å². The Balaban J connectivity index is -0.000000333. The maximum atomic E-state index is 10.3. The van der Waals surface area contributed by atoms with Crippen LogP contribution in [0.15, 0.2) is 0 Å². The van der Waals surface area contributed by atoms with Crippen LogP contribution in [-0.4, -0.2) is 60.9 Å². The quantitative estimate of drug-likeness (QED) is 0.298. The van der Waals surface area contributed by atoms with E-state index in [4.69, 9.17) is 31.9 Å². The molecular weight excluding hydrogens is 316 g/mol. The summed E-state index contributed by atoms with van der Waals surface area (Å²) in [5, 5.41) is 33.3. The van der Waals surface area contributed by atoms with Gasteiger partial charge in [0.15, 0.2) is 0 Å². The first kappa shape index (κ1) is 25.7. The molecule has 0 spiro atoms. The zero-order chi connectivity index (χ0) is 18.1. The predicted molar refractivity (Wildman–Crippen MR) is 77.8 cm³/mol. The van der Waals surface area contributed by atoms with E-state index in [1.54, 1.807) is 0 Å². The van der Waals surface area contributed by atoms with Gasteiger partial charge in [-0.05, 0) is 26.7 Å². The molecule has 2 unspecified atom stereocenters. The molecule has 0 fully saturated rings. The summed E-state index contributed by atoms with van der Waals surface area (Å²) in [6, 6.07) is 0. The minimum Gasteiger partial charge on any atom is -0.481 e. The molecule has 0 amide bonds. The van der Waals surface area contributed by atoms with E-state index in [-0.39, 0.29) is 31.2 Å². The van der Waals surface area contributed by atoms with Crippen molar-refractivity contribution in [3.8, 4) is 0 Å². The molecule has 11 heteroatoms. The van der Waals surface area contributed by atoms with Gasteiger partial charge in [0, 0.05) is 12.8 Å². The van der Waals surface area contributed by atoms with E-state index in [9.17, 15) is 19.2 Å². The Morgan fingerprint density at radius 3 is 1.09 bits per heavy atom. The summed E-state index contributed by atoms with van der Waals surface area (Å²) in [7, 11) is 0. The van der Waals surface area contributed by atoms with Crippen molar-refractivity contribution in [1.82, 2.24) is 0 Å². The molecule has 0 aliphatic rings. The van der Waals surface area contributed by atoms with Crippen LogP contribution in [0.4, 0.5) is 0 Å². The molecule has 23 heavy (non-hydrogen) atoms. The highest BCUT2D eigenvalue weighted by molar-refractivity contribution is 5.79. The minimum absolute atomic E-state index is 0. The molecule has 136 valence electrons. The van der Waals surface area contributed by atoms with Crippen molar-refractivity contribution in [3.05, 3.63) is 0 Å². The van der Waals surface area contributed by atoms with E-state index in [0.29, 0.717) is 0 Å². The third-order valence-electron chi connectivity index (χ3n) is 2.69. The molecular formula is C12H24N2O9. The Kier molecular flexibility index (Phi) is 11.7. The number of hydrogen-bond acceptors (Lipinski definition) is 6. The minimum atomic E-state index is -1.43. The molecule has 0 aromatic rings. The predicted octanol–water partition coefficient (Wildman–Crippen LogP) is -1.52. The summed E-state index contributed by atoms with van der Waals surface area (Å²) in [5.74, 6) is -4.44. The van der Waals surface area contributed by atoms with Crippen molar-refractivity contribution in [2.45, 2.75) is 50.6 Å². The number of nitrogens with two attached hydrogens (primary N) is 2. The van der Waals surface area contributed by atoms with Crippen molar-refractivity contribution in [2.75, 3.05) is 0 Å². The van der Waals surface area contributed by atoms with Crippen molar-refractivity contribution in [1.29, 1.82) is 0 Å². The average molecular weight is 340 g/mol. The summed E-state index contributed by atoms with van der Waals surface area (Å²) in [6.45, 7) is 2.58. The lowest BCUT2D eigenvalue weighted by atomic mass is 9.98. The SMILES string of the molecule is CC(N)(CCC(=O)O)C(=O)O.CC(N)(CCC(=O)O)C(=O)O.O. The number of rotatable bonds is 8. The molecule has 2 atom stereocenters. The Morgan fingerprint density at radius 2 is 0.957 bits per heavy atom. The van der Waals surface area contributed by atoms with Crippen molar-refractivity contribution in [3.63, 3.8) is 0 Å². The van der Waals surface area contributed by atoms with Crippen LogP contribution >= 0.6 is 0 Å². The average Bonchev–Trinajstić information content (AvgIpc) is 2.34. The van der Waals surface area contributed by atoms with Gasteiger partial charge in [-0.2, -0.15) is 0 Å². The number of carboxylic acids is 4. The van der Waals surface area contributed by atoms with Gasteiger partial charge in [0.05, 0.1) is 0 Å². The van der Waals surface area contributed by atoms with Crippen molar-refractivity contribution in [2.24, 2.45) is 11.5 Å². The topological polar surface area (TPSA) is 233 Å². The van der Waals surface area contributed by atoms with Gasteiger partial charge in [0.1, 0.15) is 11.1 Å². The molecule has 0 radical (unpaired) electrons. The third kappa shape index (κ3) is 13.2. The first-order chi connectivity index (χ1) is 9.72. The Labute approximate surface area is 132 Å². The molecule has 0 bridgehead atoms. The molecule has 0 aromatic carbocycles. The van der Waals surface area contributed by atoms with Crippen LogP contribution in [0.1, 0.15) is 39.5 Å². The summed E-state index contributed by atoms with van der Waals surface area (Å²) >= 11 is 0. The smallest absolute Gasteiger partial charge is 0.323 e. The molecule has 0 saturated heterocycles. The van der Waals surface area contributed by atoms with E-state index in [1.165, 1.54) is 13.8 Å². The van der Waals surface area contributed by atoms with Crippen molar-refractivity contribution >= 4 is 23.9 Å². The molecule has 0 aliphatic carbocycles. The van der Waals surface area contributed by atoms with E-state index in [2.05, 4.69) is 0 Å². The van der Waals surface area contributed by atoms with Gasteiger partial charge < -0.3 is 37.4 Å². The van der Waals surface area contributed by atoms with Crippen LogP contribution in [-0.2, 0) is 19.2 Å². The summed E-state index contributed by atoms with van der Waals surface area (Å²) < 4.78 is 0. The molecule has 0 aromatic heterocycles. The molecule has 0 saturated carbocycles. The summed E-state index contributed by atoms with van der Waals surface area (Å²) in [5.41, 5.74) is 7.63. The molecule has 0 aliphatic heterocycles. The van der Waals surface area contributed by atoms with Crippen LogP contribution in [0.2, 0.25) is 0 Å². The maximum Gasteiger partial charge on any atom is 0.323 e. The highest BCUT2D eigenvalue weighted by Crippen LogP contribution is 2.08. The lowest BCUT2D eigenvalue weighted by Gasteiger charge is -2.16. The zero-order valence-corrected chi connectivity index (χ0v) is 12.9. The standard InChI is InChI=1S/2C6H11NO4.H2O/c2*1-6(7,5(10)11)3-2-4(8)9;/h2*2-3,7H2,1H3,(H,8,9)(H,10,11);1H2.